The van der Waals surface area contributed by atoms with Gasteiger partial charge in [-0.15, -0.1) is 0 Å². The number of carbonyl (C=O) groups excluding carboxylic acids is 1. The molecule has 10 nitrogen and oxygen atoms in total. The molecule has 1 unspecified atom stereocenters. The van der Waals surface area contributed by atoms with Gasteiger partial charge in [0.25, 0.3) is 0 Å². The molecular weight excluding hydrogens is 789 g/mol. The molecule has 3 aliphatic rings. The van der Waals surface area contributed by atoms with Crippen LogP contribution in [0.3, 0.4) is 0 Å². The first-order chi connectivity index (χ1) is 28.7. The van der Waals surface area contributed by atoms with Crippen LogP contribution in [-0.4, -0.2) is 60.3 Å². The van der Waals surface area contributed by atoms with Crippen LogP contribution in [0.5, 0.6) is 17.2 Å². The van der Waals surface area contributed by atoms with Crippen LogP contribution in [-0.2, 0) is 40.3 Å². The third-order valence-electron chi connectivity index (χ3n) is 11.3. The number of carboxylic acids is 1. The van der Waals surface area contributed by atoms with Crippen molar-refractivity contribution in [3.63, 3.8) is 0 Å². The quantitative estimate of drug-likeness (QED) is 0.127. The molecule has 302 valence electrons. The zero-order chi connectivity index (χ0) is 40.9. The Morgan fingerprint density at radius 2 is 1.56 bits per heavy atom. The Morgan fingerprint density at radius 1 is 0.864 bits per heavy atom. The number of carboxylic acid groups (broad SMARTS) is 1. The van der Waals surface area contributed by atoms with Crippen molar-refractivity contribution in [3.05, 3.63) is 147 Å². The van der Waals surface area contributed by atoms with Gasteiger partial charge in [-0.2, -0.15) is 5.26 Å². The van der Waals surface area contributed by atoms with Gasteiger partial charge < -0.3 is 29.4 Å². The van der Waals surface area contributed by atoms with Crippen LogP contribution in [0.25, 0.3) is 11.1 Å². The summed E-state index contributed by atoms with van der Waals surface area (Å²) in [5, 5.41) is 23.3. The molecule has 5 aromatic carbocycles. The summed E-state index contributed by atoms with van der Waals surface area (Å²) in [7, 11) is 0. The Labute approximate surface area is 353 Å². The molecule has 0 aliphatic carbocycles. The normalized spacial score (nSPS) is 18.3. The predicted octanol–water partition coefficient (Wildman–Crippen LogP) is 8.59. The third kappa shape index (κ3) is 9.67. The van der Waals surface area contributed by atoms with E-state index in [9.17, 15) is 14.7 Å². The van der Waals surface area contributed by atoms with Crippen molar-refractivity contribution in [2.45, 2.75) is 57.0 Å². The number of hydrogen-bond donors (Lipinski definition) is 2. The molecule has 2 N–H and O–H groups in total. The summed E-state index contributed by atoms with van der Waals surface area (Å²) in [6, 6.07) is 32.5. The Balaban J connectivity index is 0.946. The fourth-order valence-corrected chi connectivity index (χ4v) is 8.25. The maximum Gasteiger partial charge on any atom is 0.326 e. The fraction of sp³-hybridized carbons (Fsp3) is 0.298. The minimum Gasteiger partial charge on any atom is -0.489 e. The predicted molar refractivity (Wildman–Crippen MR) is 224 cm³/mol. The van der Waals surface area contributed by atoms with Gasteiger partial charge in [0.2, 0.25) is 5.91 Å². The van der Waals surface area contributed by atoms with Gasteiger partial charge in [0.05, 0.1) is 27.7 Å². The molecule has 3 atom stereocenters. The van der Waals surface area contributed by atoms with Gasteiger partial charge in [0.15, 0.2) is 17.6 Å². The molecule has 0 spiro atoms. The molecule has 0 saturated carbocycles. The summed E-state index contributed by atoms with van der Waals surface area (Å²) in [6.07, 6.45) is 2.00. The van der Waals surface area contributed by atoms with Gasteiger partial charge in [0, 0.05) is 32.7 Å². The summed E-state index contributed by atoms with van der Waals surface area (Å²) < 4.78 is 24.4. The van der Waals surface area contributed by atoms with Crippen LogP contribution in [0.15, 0.2) is 103 Å². The number of carbonyl (C=O) groups is 2. The van der Waals surface area contributed by atoms with Gasteiger partial charge in [-0.05, 0) is 113 Å². The monoisotopic (exact) mass is 831 g/mol. The lowest BCUT2D eigenvalue weighted by Gasteiger charge is -2.39. The van der Waals surface area contributed by atoms with Crippen molar-refractivity contribution in [3.8, 4) is 34.4 Å². The molecule has 12 heteroatoms. The van der Waals surface area contributed by atoms with Crippen LogP contribution >= 0.6 is 23.2 Å². The second-order valence-electron chi connectivity index (χ2n) is 15.3. The van der Waals surface area contributed by atoms with E-state index in [-0.39, 0.29) is 18.4 Å². The molecule has 0 bridgehead atoms. The third-order valence-corrected chi connectivity index (χ3v) is 12.0. The Bertz CT molecular complexity index is 2340. The van der Waals surface area contributed by atoms with E-state index in [4.69, 9.17) is 47.4 Å². The number of fused-ring (bicyclic) bond motifs is 2. The van der Waals surface area contributed by atoms with Gasteiger partial charge >= 0.3 is 5.97 Å². The van der Waals surface area contributed by atoms with E-state index in [1.807, 2.05) is 78.9 Å². The SMILES string of the molecule is N#Cc1ccc(-c2ccc(C[C@H](NC(=O)C3Cc4cc5c(cc4CN3CC3CCOCC3)O[C@@H](c3ccc(OCc4ccc(Cl)c(Cl)c4)cc3)CO5)C(=O)O)cc2)cc1. The number of nitrogens with one attached hydrogen (secondary N) is 1. The minimum atomic E-state index is -1.12. The molecule has 0 radical (unpaired) electrons. The lowest BCUT2D eigenvalue weighted by Crippen LogP contribution is -2.55. The van der Waals surface area contributed by atoms with E-state index >= 15 is 0 Å². The fourth-order valence-electron chi connectivity index (χ4n) is 7.93. The van der Waals surface area contributed by atoms with Gasteiger partial charge in [-0.1, -0.05) is 77.8 Å². The van der Waals surface area contributed by atoms with Crippen LogP contribution in [0.2, 0.25) is 10.0 Å². The summed E-state index contributed by atoms with van der Waals surface area (Å²) >= 11 is 12.2. The van der Waals surface area contributed by atoms with Crippen molar-refractivity contribution >= 4 is 35.1 Å². The summed E-state index contributed by atoms with van der Waals surface area (Å²) in [6.45, 7) is 3.22. The number of aliphatic carboxylic acids is 1. The highest BCUT2D eigenvalue weighted by molar-refractivity contribution is 6.42. The van der Waals surface area contributed by atoms with Crippen molar-refractivity contribution in [2.24, 2.45) is 5.92 Å². The second kappa shape index (κ2) is 18.1. The first kappa shape index (κ1) is 40.2. The lowest BCUT2D eigenvalue weighted by atomic mass is 9.90. The van der Waals surface area contributed by atoms with Gasteiger partial charge in [-0.3, -0.25) is 9.69 Å². The van der Waals surface area contributed by atoms with Crippen LogP contribution in [0.4, 0.5) is 0 Å². The van der Waals surface area contributed by atoms with Gasteiger partial charge in [-0.25, -0.2) is 4.79 Å². The maximum absolute atomic E-state index is 14.2. The molecule has 0 aromatic heterocycles. The van der Waals surface area contributed by atoms with Crippen LogP contribution in [0, 0.1) is 17.2 Å². The van der Waals surface area contributed by atoms with E-state index in [0.29, 0.717) is 84.7 Å². The largest absolute Gasteiger partial charge is 0.489 e. The molecule has 1 saturated heterocycles. The van der Waals surface area contributed by atoms with Gasteiger partial charge in [0.1, 0.15) is 25.0 Å². The first-order valence-corrected chi connectivity index (χ1v) is 20.5. The number of nitriles is 1. The Hall–Kier alpha value is -5.57. The first-order valence-electron chi connectivity index (χ1n) is 19.8. The van der Waals surface area contributed by atoms with E-state index in [2.05, 4.69) is 16.3 Å². The zero-order valence-electron chi connectivity index (χ0n) is 32.2. The number of benzene rings is 5. The number of amides is 1. The molecule has 1 fully saturated rings. The average Bonchev–Trinajstić information content (AvgIpc) is 3.26. The number of hydrogen-bond acceptors (Lipinski definition) is 8. The molecule has 1 amide bonds. The molecule has 59 heavy (non-hydrogen) atoms. The van der Waals surface area contributed by atoms with E-state index in [0.717, 1.165) is 51.8 Å². The van der Waals surface area contributed by atoms with E-state index in [1.54, 1.807) is 24.3 Å². The highest BCUT2D eigenvalue weighted by Crippen LogP contribution is 2.41. The number of ether oxygens (including phenoxy) is 4. The highest BCUT2D eigenvalue weighted by atomic mass is 35.5. The topological polar surface area (TPSA) is 130 Å². The molecule has 3 heterocycles. The summed E-state index contributed by atoms with van der Waals surface area (Å²) in [5.74, 6) is 0.906. The van der Waals surface area contributed by atoms with E-state index < -0.39 is 18.1 Å². The van der Waals surface area contributed by atoms with E-state index in [1.165, 1.54) is 0 Å². The molecule has 3 aliphatic heterocycles. The smallest absolute Gasteiger partial charge is 0.326 e. The second-order valence-corrected chi connectivity index (χ2v) is 16.1. The number of halogens is 2. The minimum absolute atomic E-state index is 0.131. The highest BCUT2D eigenvalue weighted by Gasteiger charge is 2.37. The standard InChI is InChI=1S/C47H43Cl2N3O7/c48-39-14-5-32(19-40(39)49)27-57-38-12-10-35(11-13-38)45-28-58-43-22-36-21-42(52(25-31-15-17-56-18-16-31)26-37(36)23-44(43)59-45)46(53)51-41(47(54)55)20-29-1-6-33(7-2-29)34-8-3-30(24-50)4-9-34/h1-14,19,22-23,31,41-42,45H,15-18,20-21,25-28H2,(H,51,53)(H,54,55)/t41-,42?,45+/m0/s1. The van der Waals surface area contributed by atoms with Crippen molar-refractivity contribution in [1.82, 2.24) is 10.2 Å². The van der Waals surface area contributed by atoms with Crippen LogP contribution in [0.1, 0.15) is 52.3 Å². The Kier molecular flexibility index (Phi) is 12.4. The molecular formula is C47H43Cl2N3O7. The zero-order valence-corrected chi connectivity index (χ0v) is 33.8. The molecule has 5 aromatic rings. The number of rotatable bonds is 12. The maximum atomic E-state index is 14.2. The number of nitrogens with zero attached hydrogens (tertiary/aromatic N) is 2. The summed E-state index contributed by atoms with van der Waals surface area (Å²) in [4.78, 5) is 28.9. The molecule has 8 rings (SSSR count). The van der Waals surface area contributed by atoms with Crippen molar-refractivity contribution in [2.75, 3.05) is 26.4 Å². The van der Waals surface area contributed by atoms with Crippen molar-refractivity contribution in [1.29, 1.82) is 5.26 Å². The average molecular weight is 833 g/mol. The Morgan fingerprint density at radius 3 is 2.25 bits per heavy atom. The lowest BCUT2D eigenvalue weighted by molar-refractivity contribution is -0.143. The van der Waals surface area contributed by atoms with Crippen molar-refractivity contribution < 1.29 is 33.6 Å². The van der Waals surface area contributed by atoms with Crippen LogP contribution < -0.4 is 19.5 Å². The summed E-state index contributed by atoms with van der Waals surface area (Å²) in [5.41, 5.74) is 7.15.